The molecule has 0 bridgehead atoms. The third-order valence-electron chi connectivity index (χ3n) is 1.84. The molecule has 13 heavy (non-hydrogen) atoms. The van der Waals surface area contributed by atoms with Crippen LogP contribution in [-0.4, -0.2) is 11.1 Å². The Hall–Kier alpha value is -0.860. The van der Waals surface area contributed by atoms with Crippen molar-refractivity contribution >= 4 is 5.97 Å². The maximum atomic E-state index is 12.4. The van der Waals surface area contributed by atoms with Crippen LogP contribution in [0.3, 0.4) is 0 Å². The Kier molecular flexibility index (Phi) is 7.26. The quantitative estimate of drug-likeness (QED) is 0.491. The second kappa shape index (κ2) is 7.77. The number of carboxylic acid groups (broad SMARTS) is 1. The van der Waals surface area contributed by atoms with Crippen molar-refractivity contribution in [3.63, 3.8) is 0 Å². The predicted molar refractivity (Wildman–Crippen MR) is 50.2 cm³/mol. The topological polar surface area (TPSA) is 37.3 Å². The van der Waals surface area contributed by atoms with Crippen molar-refractivity contribution in [3.8, 4) is 0 Å². The van der Waals surface area contributed by atoms with E-state index in [-0.39, 0.29) is 0 Å². The van der Waals surface area contributed by atoms with E-state index in [9.17, 15) is 9.18 Å². The molecule has 0 radical (unpaired) electrons. The molecule has 0 fully saturated rings. The first-order valence-electron chi connectivity index (χ1n) is 4.77. The van der Waals surface area contributed by atoms with E-state index in [0.717, 1.165) is 25.3 Å². The SMILES string of the molecule is CCCCCCC/C=C(/F)C(=O)O. The largest absolute Gasteiger partial charge is 0.476 e. The summed E-state index contributed by atoms with van der Waals surface area (Å²) in [6.45, 7) is 2.13. The lowest BCUT2D eigenvalue weighted by Crippen LogP contribution is -1.94. The van der Waals surface area contributed by atoms with Crippen LogP contribution in [0.5, 0.6) is 0 Å². The molecule has 3 heteroatoms. The van der Waals surface area contributed by atoms with Gasteiger partial charge in [0.2, 0.25) is 5.83 Å². The number of rotatable bonds is 7. The highest BCUT2D eigenvalue weighted by Crippen LogP contribution is 2.07. The maximum absolute atomic E-state index is 12.4. The van der Waals surface area contributed by atoms with Crippen LogP contribution in [0.1, 0.15) is 45.4 Å². The van der Waals surface area contributed by atoms with Crippen molar-refractivity contribution in [1.82, 2.24) is 0 Å². The van der Waals surface area contributed by atoms with Crippen LogP contribution < -0.4 is 0 Å². The average Bonchev–Trinajstić information content (AvgIpc) is 2.10. The van der Waals surface area contributed by atoms with Crippen LogP contribution in [0.25, 0.3) is 0 Å². The van der Waals surface area contributed by atoms with E-state index in [0.29, 0.717) is 6.42 Å². The Labute approximate surface area is 78.5 Å². The van der Waals surface area contributed by atoms with E-state index in [1.54, 1.807) is 0 Å². The normalized spacial score (nSPS) is 11.7. The van der Waals surface area contributed by atoms with Gasteiger partial charge in [-0.3, -0.25) is 0 Å². The van der Waals surface area contributed by atoms with E-state index < -0.39 is 11.8 Å². The molecule has 0 atom stereocenters. The summed E-state index contributed by atoms with van der Waals surface area (Å²) in [4.78, 5) is 10.0. The number of hydrogen-bond donors (Lipinski definition) is 1. The molecule has 0 unspecified atom stereocenters. The second-order valence-corrected chi connectivity index (χ2v) is 3.06. The van der Waals surface area contributed by atoms with Crippen LogP contribution in [0.4, 0.5) is 4.39 Å². The molecule has 0 aliphatic rings. The van der Waals surface area contributed by atoms with Gasteiger partial charge in [-0.1, -0.05) is 32.6 Å². The summed E-state index contributed by atoms with van der Waals surface area (Å²) >= 11 is 0. The van der Waals surface area contributed by atoms with Gasteiger partial charge >= 0.3 is 5.97 Å². The van der Waals surface area contributed by atoms with Gasteiger partial charge in [0.25, 0.3) is 0 Å². The molecule has 0 heterocycles. The highest BCUT2D eigenvalue weighted by atomic mass is 19.1. The van der Waals surface area contributed by atoms with Gasteiger partial charge in [-0.15, -0.1) is 0 Å². The minimum absolute atomic E-state index is 0.530. The van der Waals surface area contributed by atoms with Gasteiger partial charge in [0.1, 0.15) is 0 Å². The first-order valence-corrected chi connectivity index (χ1v) is 4.77. The van der Waals surface area contributed by atoms with E-state index in [4.69, 9.17) is 5.11 Å². The van der Waals surface area contributed by atoms with Crippen LogP contribution in [-0.2, 0) is 4.79 Å². The fraction of sp³-hybridized carbons (Fsp3) is 0.700. The van der Waals surface area contributed by atoms with E-state index in [1.165, 1.54) is 12.8 Å². The van der Waals surface area contributed by atoms with Gasteiger partial charge in [-0.05, 0) is 18.9 Å². The predicted octanol–water partition coefficient (Wildman–Crippen LogP) is 3.28. The summed E-state index contributed by atoms with van der Waals surface area (Å²) in [6, 6.07) is 0. The summed E-state index contributed by atoms with van der Waals surface area (Å²) in [7, 11) is 0. The standard InChI is InChI=1S/C10H17FO2/c1-2-3-4-5-6-7-8-9(11)10(12)13/h8H,2-7H2,1H3,(H,12,13)/b9-8+. The van der Waals surface area contributed by atoms with E-state index >= 15 is 0 Å². The van der Waals surface area contributed by atoms with Crippen LogP contribution in [0, 0.1) is 0 Å². The molecular formula is C10H17FO2. The highest BCUT2D eigenvalue weighted by molar-refractivity contribution is 5.83. The minimum atomic E-state index is -1.46. The molecule has 1 N–H and O–H groups in total. The van der Waals surface area contributed by atoms with Gasteiger partial charge in [0, 0.05) is 0 Å². The summed E-state index contributed by atoms with van der Waals surface area (Å²) in [5, 5.41) is 8.18. The molecule has 0 amide bonds. The number of carbonyl (C=O) groups is 1. The molecule has 0 aromatic rings. The van der Waals surface area contributed by atoms with Crippen LogP contribution in [0.2, 0.25) is 0 Å². The van der Waals surface area contributed by atoms with Crippen molar-refractivity contribution in [3.05, 3.63) is 11.9 Å². The lowest BCUT2D eigenvalue weighted by Gasteiger charge is -1.95. The minimum Gasteiger partial charge on any atom is -0.476 e. The summed E-state index contributed by atoms with van der Waals surface area (Å²) in [5.74, 6) is -2.50. The van der Waals surface area contributed by atoms with Gasteiger partial charge in [-0.25, -0.2) is 4.79 Å². The highest BCUT2D eigenvalue weighted by Gasteiger charge is 2.02. The Morgan fingerprint density at radius 3 is 2.46 bits per heavy atom. The van der Waals surface area contributed by atoms with Crippen LogP contribution in [0.15, 0.2) is 11.9 Å². The van der Waals surface area contributed by atoms with Crippen molar-refractivity contribution in [2.24, 2.45) is 0 Å². The van der Waals surface area contributed by atoms with E-state index in [2.05, 4.69) is 6.92 Å². The van der Waals surface area contributed by atoms with Crippen molar-refractivity contribution in [2.75, 3.05) is 0 Å². The van der Waals surface area contributed by atoms with E-state index in [1.807, 2.05) is 0 Å². The lowest BCUT2D eigenvalue weighted by atomic mass is 10.1. The monoisotopic (exact) mass is 188 g/mol. The zero-order valence-corrected chi connectivity index (χ0v) is 8.05. The molecule has 0 aromatic heterocycles. The third kappa shape index (κ3) is 7.50. The maximum Gasteiger partial charge on any atom is 0.364 e. The molecule has 0 saturated carbocycles. The summed E-state index contributed by atoms with van der Waals surface area (Å²) in [5.41, 5.74) is 0. The molecule has 2 nitrogen and oxygen atoms in total. The van der Waals surface area contributed by atoms with Crippen LogP contribution >= 0.6 is 0 Å². The van der Waals surface area contributed by atoms with Crippen molar-refractivity contribution in [1.29, 1.82) is 0 Å². The zero-order valence-electron chi connectivity index (χ0n) is 8.05. The van der Waals surface area contributed by atoms with Gasteiger partial charge in [-0.2, -0.15) is 4.39 Å². The summed E-state index contributed by atoms with van der Waals surface area (Å²) in [6.07, 6.45) is 7.14. The van der Waals surface area contributed by atoms with Crippen molar-refractivity contribution < 1.29 is 14.3 Å². The molecule has 0 aliphatic carbocycles. The van der Waals surface area contributed by atoms with Gasteiger partial charge in [0.05, 0.1) is 0 Å². The molecule has 0 aromatic carbocycles. The number of aliphatic carboxylic acids is 1. The van der Waals surface area contributed by atoms with Gasteiger partial charge < -0.3 is 5.11 Å². The molecule has 0 saturated heterocycles. The molecule has 76 valence electrons. The smallest absolute Gasteiger partial charge is 0.364 e. The van der Waals surface area contributed by atoms with Gasteiger partial charge in [0.15, 0.2) is 0 Å². The number of halogens is 1. The second-order valence-electron chi connectivity index (χ2n) is 3.06. The number of carboxylic acids is 1. The molecule has 0 rings (SSSR count). The number of unbranched alkanes of at least 4 members (excludes halogenated alkanes) is 5. The Balaban J connectivity index is 3.34. The Bertz CT molecular complexity index is 176. The average molecular weight is 188 g/mol. The Morgan fingerprint density at radius 1 is 1.31 bits per heavy atom. The molecular weight excluding hydrogens is 171 g/mol. The fourth-order valence-corrected chi connectivity index (χ4v) is 1.06. The molecule has 0 spiro atoms. The van der Waals surface area contributed by atoms with Crippen molar-refractivity contribution in [2.45, 2.75) is 45.4 Å². The molecule has 0 aliphatic heterocycles. The first-order chi connectivity index (χ1) is 6.18. The fourth-order valence-electron chi connectivity index (χ4n) is 1.06. The third-order valence-corrected chi connectivity index (χ3v) is 1.84. The zero-order chi connectivity index (χ0) is 10.1. The lowest BCUT2D eigenvalue weighted by molar-refractivity contribution is -0.134. The number of allylic oxidation sites excluding steroid dienone is 1. The number of hydrogen-bond acceptors (Lipinski definition) is 1. The summed E-state index contributed by atoms with van der Waals surface area (Å²) < 4.78 is 12.4. The Morgan fingerprint density at radius 2 is 1.92 bits per heavy atom. The first kappa shape index (κ1) is 12.1.